The van der Waals surface area contributed by atoms with Crippen molar-refractivity contribution in [1.29, 1.82) is 0 Å². The monoisotopic (exact) mass is 294 g/mol. The molecule has 3 fully saturated rings. The third-order valence-corrected chi connectivity index (χ3v) is 4.38. The lowest BCUT2D eigenvalue weighted by atomic mass is 9.82. The fourth-order valence-electron chi connectivity index (χ4n) is 2.37. The lowest BCUT2D eigenvalue weighted by Gasteiger charge is -2.35. The number of carbonyl (C=O) groups is 1. The molecule has 2 saturated heterocycles. The van der Waals surface area contributed by atoms with Crippen molar-refractivity contribution in [3.63, 3.8) is 0 Å². The van der Waals surface area contributed by atoms with Gasteiger partial charge in [0, 0.05) is 10.3 Å². The molecule has 3 aliphatic rings. The minimum Gasteiger partial charge on any atom is -0.462 e. The van der Waals surface area contributed by atoms with Crippen molar-refractivity contribution in [2.24, 2.45) is 11.8 Å². The van der Waals surface area contributed by atoms with Gasteiger partial charge in [0.05, 0.1) is 5.92 Å². The number of halogens is 1. The minimum absolute atomic E-state index is 0.0748. The van der Waals surface area contributed by atoms with Gasteiger partial charge in [-0.1, -0.05) is 29.0 Å². The largest absolute Gasteiger partial charge is 0.462 e. The van der Waals surface area contributed by atoms with E-state index >= 15 is 0 Å². The van der Waals surface area contributed by atoms with Gasteiger partial charge in [-0.3, -0.25) is 4.79 Å². The summed E-state index contributed by atoms with van der Waals surface area (Å²) in [6.45, 7) is 0. The van der Waals surface area contributed by atoms with E-state index in [4.69, 9.17) is 4.74 Å². The van der Waals surface area contributed by atoms with Gasteiger partial charge in [0.2, 0.25) is 0 Å². The van der Waals surface area contributed by atoms with E-state index in [-0.39, 0.29) is 18.0 Å². The topological polar surface area (TPSA) is 26.3 Å². The van der Waals surface area contributed by atoms with Crippen LogP contribution in [0.1, 0.15) is 32.1 Å². The lowest BCUT2D eigenvalue weighted by Crippen LogP contribution is -2.38. The van der Waals surface area contributed by atoms with Gasteiger partial charge in [-0.2, -0.15) is 0 Å². The molecule has 0 aromatic heterocycles. The zero-order valence-electron chi connectivity index (χ0n) is 7.67. The first-order valence-corrected chi connectivity index (χ1v) is 6.60. The maximum absolute atomic E-state index is 11.5. The zero-order chi connectivity index (χ0) is 9.26. The Labute approximate surface area is 92.5 Å². The second kappa shape index (κ2) is 4.15. The van der Waals surface area contributed by atoms with Crippen LogP contribution in [-0.2, 0) is 9.53 Å². The Morgan fingerprint density at radius 1 is 1.31 bits per heavy atom. The Kier molecular flexibility index (Phi) is 3.11. The van der Waals surface area contributed by atoms with Gasteiger partial charge in [0.15, 0.2) is 0 Å². The van der Waals surface area contributed by atoms with Gasteiger partial charge in [-0.05, 0) is 25.7 Å². The number of hydrogen-bond acceptors (Lipinski definition) is 2. The highest BCUT2D eigenvalue weighted by Crippen LogP contribution is 2.34. The third kappa shape index (κ3) is 2.00. The molecule has 3 rings (SSSR count). The standard InChI is InChI=1S/C10H15IO2/c11-6-8-3-1-2-7-4-5-9(8)13-10(7)12/h7-9H,1-6H2. The minimum atomic E-state index is 0.0748. The van der Waals surface area contributed by atoms with E-state index in [9.17, 15) is 4.79 Å². The number of alkyl halides is 1. The van der Waals surface area contributed by atoms with E-state index in [0.717, 1.165) is 23.7 Å². The van der Waals surface area contributed by atoms with E-state index < -0.39 is 0 Å². The number of hydrogen-bond donors (Lipinski definition) is 0. The maximum atomic E-state index is 11.5. The van der Waals surface area contributed by atoms with Crippen LogP contribution in [0.25, 0.3) is 0 Å². The van der Waals surface area contributed by atoms with Crippen LogP contribution in [0, 0.1) is 11.8 Å². The summed E-state index contributed by atoms with van der Waals surface area (Å²) >= 11 is 2.41. The van der Waals surface area contributed by atoms with Crippen LogP contribution >= 0.6 is 22.6 Å². The second-order valence-electron chi connectivity index (χ2n) is 4.09. The number of fused-ring (bicyclic) bond motifs is 5. The summed E-state index contributed by atoms with van der Waals surface area (Å²) in [6.07, 6.45) is 5.92. The molecular weight excluding hydrogens is 279 g/mol. The van der Waals surface area contributed by atoms with Crippen molar-refractivity contribution >= 4 is 28.6 Å². The quantitative estimate of drug-likeness (QED) is 0.422. The average molecular weight is 294 g/mol. The molecule has 0 aromatic carbocycles. The molecule has 1 saturated carbocycles. The van der Waals surface area contributed by atoms with Crippen LogP contribution < -0.4 is 0 Å². The fraction of sp³-hybridized carbons (Fsp3) is 0.900. The Balaban J connectivity index is 2.08. The molecule has 3 heteroatoms. The Morgan fingerprint density at radius 3 is 2.85 bits per heavy atom. The van der Waals surface area contributed by atoms with E-state index in [1.807, 2.05) is 0 Å². The van der Waals surface area contributed by atoms with E-state index in [1.54, 1.807) is 0 Å². The summed E-state index contributed by atoms with van der Waals surface area (Å²) in [5.41, 5.74) is 0. The van der Waals surface area contributed by atoms with Crippen LogP contribution in [-0.4, -0.2) is 16.5 Å². The van der Waals surface area contributed by atoms with E-state index in [0.29, 0.717) is 5.92 Å². The summed E-state index contributed by atoms with van der Waals surface area (Å²) < 4.78 is 6.58. The van der Waals surface area contributed by atoms with Crippen LogP contribution in [0.5, 0.6) is 0 Å². The van der Waals surface area contributed by atoms with Gasteiger partial charge < -0.3 is 4.74 Å². The molecule has 0 N–H and O–H groups in total. The molecule has 3 unspecified atom stereocenters. The van der Waals surface area contributed by atoms with Crippen LogP contribution in [0.15, 0.2) is 0 Å². The normalized spacial score (nSPS) is 39.5. The number of rotatable bonds is 1. The molecule has 2 aliphatic heterocycles. The summed E-state index contributed by atoms with van der Waals surface area (Å²) in [5.74, 6) is 0.919. The molecule has 1 aliphatic carbocycles. The van der Waals surface area contributed by atoms with Gasteiger partial charge in [0.1, 0.15) is 6.10 Å². The van der Waals surface area contributed by atoms with Crippen molar-refractivity contribution < 1.29 is 9.53 Å². The molecule has 0 spiro atoms. The first-order chi connectivity index (χ1) is 6.31. The summed E-state index contributed by atoms with van der Waals surface area (Å²) in [6, 6.07) is 0. The number of carbonyl (C=O) groups excluding carboxylic acids is 1. The average Bonchev–Trinajstić information content (AvgIpc) is 2.09. The van der Waals surface area contributed by atoms with E-state index in [2.05, 4.69) is 22.6 Å². The molecule has 0 amide bonds. The predicted molar refractivity (Wildman–Crippen MR) is 58.8 cm³/mol. The lowest BCUT2D eigenvalue weighted by molar-refractivity contribution is -0.165. The third-order valence-electron chi connectivity index (χ3n) is 3.25. The molecule has 74 valence electrons. The first-order valence-electron chi connectivity index (χ1n) is 5.07. The first kappa shape index (κ1) is 9.74. The van der Waals surface area contributed by atoms with Gasteiger partial charge in [-0.15, -0.1) is 0 Å². The molecule has 3 atom stereocenters. The van der Waals surface area contributed by atoms with Crippen molar-refractivity contribution in [1.82, 2.24) is 0 Å². The fourth-order valence-corrected chi connectivity index (χ4v) is 3.38. The highest BCUT2D eigenvalue weighted by Gasteiger charge is 2.36. The van der Waals surface area contributed by atoms with E-state index in [1.165, 1.54) is 12.8 Å². The van der Waals surface area contributed by atoms with Crippen LogP contribution in [0.3, 0.4) is 0 Å². The molecule has 0 radical (unpaired) electrons. The summed E-state index contributed by atoms with van der Waals surface area (Å²) in [7, 11) is 0. The van der Waals surface area contributed by atoms with Crippen molar-refractivity contribution in [3.05, 3.63) is 0 Å². The maximum Gasteiger partial charge on any atom is 0.309 e. The summed E-state index contributed by atoms with van der Waals surface area (Å²) in [4.78, 5) is 11.5. The zero-order valence-corrected chi connectivity index (χ0v) is 9.83. The molecule has 13 heavy (non-hydrogen) atoms. The van der Waals surface area contributed by atoms with Gasteiger partial charge in [-0.25, -0.2) is 0 Å². The Morgan fingerprint density at radius 2 is 2.15 bits per heavy atom. The number of esters is 1. The molecule has 0 aromatic rings. The highest BCUT2D eigenvalue weighted by atomic mass is 127. The van der Waals surface area contributed by atoms with Crippen molar-refractivity contribution in [3.8, 4) is 0 Å². The molecular formula is C10H15IO2. The Bertz CT molecular complexity index is 203. The summed E-state index contributed by atoms with van der Waals surface area (Å²) in [5, 5.41) is 0. The van der Waals surface area contributed by atoms with Gasteiger partial charge >= 0.3 is 5.97 Å². The van der Waals surface area contributed by atoms with Crippen molar-refractivity contribution in [2.75, 3.05) is 4.43 Å². The number of ether oxygens (including phenoxy) is 1. The molecule has 2 nitrogen and oxygen atoms in total. The Hall–Kier alpha value is 0.200. The predicted octanol–water partition coefficient (Wildman–Crippen LogP) is 2.54. The smallest absolute Gasteiger partial charge is 0.309 e. The van der Waals surface area contributed by atoms with Crippen molar-refractivity contribution in [2.45, 2.75) is 38.2 Å². The molecule has 2 bridgehead atoms. The highest BCUT2D eigenvalue weighted by molar-refractivity contribution is 14.1. The molecule has 2 heterocycles. The van der Waals surface area contributed by atoms with Crippen LogP contribution in [0.2, 0.25) is 0 Å². The SMILES string of the molecule is O=C1OC2CCC1CCCC2CI. The van der Waals surface area contributed by atoms with Gasteiger partial charge in [0.25, 0.3) is 0 Å². The second-order valence-corrected chi connectivity index (χ2v) is 4.98. The van der Waals surface area contributed by atoms with Crippen LogP contribution in [0.4, 0.5) is 0 Å².